The second kappa shape index (κ2) is 5.54. The fourth-order valence-electron chi connectivity index (χ4n) is 2.75. The first-order chi connectivity index (χ1) is 9.65. The zero-order valence-corrected chi connectivity index (χ0v) is 12.1. The normalized spacial score (nSPS) is 17.6. The summed E-state index contributed by atoms with van der Waals surface area (Å²) in [5, 5.41) is 4.12. The summed E-state index contributed by atoms with van der Waals surface area (Å²) < 4.78 is 28.9. The Morgan fingerprint density at radius 2 is 2.05 bits per heavy atom. The summed E-state index contributed by atoms with van der Waals surface area (Å²) in [6.07, 6.45) is 6.59. The largest absolute Gasteiger partial charge is 0.241 e. The minimum Gasteiger partial charge on any atom is -0.241 e. The van der Waals surface area contributed by atoms with Gasteiger partial charge < -0.3 is 0 Å². The first kappa shape index (κ1) is 13.6. The van der Waals surface area contributed by atoms with Gasteiger partial charge in [0.1, 0.15) is 0 Å². The Bertz CT molecular complexity index is 654. The standard InChI is InChI=1S/C14H19N3O2S/c18-20(19,14-7-2-1-3-8-14)15-11-12-10-13-6-4-5-9-17(13)16-12/h4-6,9-10,14-15H,1-3,7-8,11H2. The van der Waals surface area contributed by atoms with Crippen LogP contribution in [0.5, 0.6) is 0 Å². The van der Waals surface area contributed by atoms with Crippen LogP contribution >= 0.6 is 0 Å². The zero-order valence-electron chi connectivity index (χ0n) is 11.3. The quantitative estimate of drug-likeness (QED) is 0.939. The van der Waals surface area contributed by atoms with Gasteiger partial charge >= 0.3 is 0 Å². The van der Waals surface area contributed by atoms with Gasteiger partial charge in [0.15, 0.2) is 0 Å². The van der Waals surface area contributed by atoms with E-state index in [2.05, 4.69) is 9.82 Å². The number of fused-ring (bicyclic) bond motifs is 1. The summed E-state index contributed by atoms with van der Waals surface area (Å²) in [5.41, 5.74) is 1.72. The third-order valence-corrected chi connectivity index (χ3v) is 5.76. The third kappa shape index (κ3) is 2.86. The maximum atomic E-state index is 12.2. The van der Waals surface area contributed by atoms with Gasteiger partial charge in [0.25, 0.3) is 0 Å². The first-order valence-corrected chi connectivity index (χ1v) is 8.61. The highest BCUT2D eigenvalue weighted by Gasteiger charge is 2.26. The molecule has 0 atom stereocenters. The van der Waals surface area contributed by atoms with E-state index in [9.17, 15) is 8.42 Å². The highest BCUT2D eigenvalue weighted by atomic mass is 32.2. The predicted molar refractivity (Wildman–Crippen MR) is 77.8 cm³/mol. The number of sulfonamides is 1. The number of pyridine rings is 1. The monoisotopic (exact) mass is 293 g/mol. The van der Waals surface area contributed by atoms with Gasteiger partial charge in [-0.05, 0) is 31.0 Å². The molecule has 1 N–H and O–H groups in total. The molecule has 1 aliphatic carbocycles. The minimum atomic E-state index is -3.22. The van der Waals surface area contributed by atoms with Crippen LogP contribution < -0.4 is 4.72 Å². The van der Waals surface area contributed by atoms with Crippen molar-refractivity contribution < 1.29 is 8.42 Å². The second-order valence-electron chi connectivity index (χ2n) is 5.33. The van der Waals surface area contributed by atoms with Crippen molar-refractivity contribution in [1.82, 2.24) is 14.3 Å². The van der Waals surface area contributed by atoms with Gasteiger partial charge in [0.2, 0.25) is 10.0 Å². The molecule has 5 nitrogen and oxygen atoms in total. The lowest BCUT2D eigenvalue weighted by atomic mass is 10.0. The van der Waals surface area contributed by atoms with E-state index >= 15 is 0 Å². The Hall–Kier alpha value is -1.40. The molecular formula is C14H19N3O2S. The van der Waals surface area contributed by atoms with Crippen molar-refractivity contribution in [2.45, 2.75) is 43.9 Å². The SMILES string of the molecule is O=S(=O)(NCc1cc2ccccn2n1)C1CCCCC1. The van der Waals surface area contributed by atoms with Crippen LogP contribution in [0.15, 0.2) is 30.5 Å². The lowest BCUT2D eigenvalue weighted by Gasteiger charge is -2.21. The van der Waals surface area contributed by atoms with Gasteiger partial charge in [0.05, 0.1) is 23.0 Å². The Balaban J connectivity index is 1.68. The molecule has 0 radical (unpaired) electrons. The van der Waals surface area contributed by atoms with Gasteiger partial charge in [-0.1, -0.05) is 25.3 Å². The molecule has 20 heavy (non-hydrogen) atoms. The fraction of sp³-hybridized carbons (Fsp3) is 0.500. The Morgan fingerprint density at radius 1 is 1.25 bits per heavy atom. The summed E-state index contributed by atoms with van der Waals surface area (Å²) >= 11 is 0. The van der Waals surface area contributed by atoms with E-state index in [-0.39, 0.29) is 11.8 Å². The molecule has 0 aliphatic heterocycles. The molecule has 2 heterocycles. The summed E-state index contributed by atoms with van der Waals surface area (Å²) in [5.74, 6) is 0. The van der Waals surface area contributed by atoms with Crippen LogP contribution in [0.25, 0.3) is 5.52 Å². The third-order valence-electron chi connectivity index (χ3n) is 3.87. The Kier molecular flexibility index (Phi) is 3.76. The molecule has 3 rings (SSSR count). The summed E-state index contributed by atoms with van der Waals surface area (Å²) in [7, 11) is -3.22. The smallest absolute Gasteiger partial charge is 0.214 e. The Morgan fingerprint density at radius 3 is 2.80 bits per heavy atom. The molecule has 0 aromatic carbocycles. The maximum Gasteiger partial charge on any atom is 0.214 e. The average molecular weight is 293 g/mol. The lowest BCUT2D eigenvalue weighted by molar-refractivity contribution is 0.477. The fourth-order valence-corrected chi connectivity index (χ4v) is 4.28. The molecule has 108 valence electrons. The van der Waals surface area contributed by atoms with E-state index < -0.39 is 10.0 Å². The highest BCUT2D eigenvalue weighted by Crippen LogP contribution is 2.23. The van der Waals surface area contributed by atoms with E-state index in [1.54, 1.807) is 4.52 Å². The van der Waals surface area contributed by atoms with Crippen LogP contribution in [0.3, 0.4) is 0 Å². The number of rotatable bonds is 4. The molecule has 0 spiro atoms. The van der Waals surface area contributed by atoms with Crippen molar-refractivity contribution in [3.63, 3.8) is 0 Å². The molecule has 2 aromatic rings. The van der Waals surface area contributed by atoms with Crippen LogP contribution in [0.4, 0.5) is 0 Å². The zero-order chi connectivity index (χ0) is 14.0. The van der Waals surface area contributed by atoms with Gasteiger partial charge in [-0.3, -0.25) is 0 Å². The van der Waals surface area contributed by atoms with Crippen LogP contribution in [0, 0.1) is 0 Å². The van der Waals surface area contributed by atoms with E-state index in [1.165, 1.54) is 0 Å². The number of nitrogens with zero attached hydrogens (tertiary/aromatic N) is 2. The van der Waals surface area contributed by atoms with E-state index in [0.29, 0.717) is 0 Å². The molecule has 1 fully saturated rings. The average Bonchev–Trinajstić information content (AvgIpc) is 2.89. The van der Waals surface area contributed by atoms with Crippen molar-refractivity contribution in [3.05, 3.63) is 36.2 Å². The summed E-state index contributed by atoms with van der Waals surface area (Å²) in [4.78, 5) is 0. The number of nitrogens with one attached hydrogen (secondary N) is 1. The second-order valence-corrected chi connectivity index (χ2v) is 7.38. The van der Waals surface area contributed by atoms with E-state index in [4.69, 9.17) is 0 Å². The summed E-state index contributed by atoms with van der Waals surface area (Å²) in [6.45, 7) is 0.264. The minimum absolute atomic E-state index is 0.228. The molecule has 0 amide bonds. The topological polar surface area (TPSA) is 63.5 Å². The predicted octanol–water partition coefficient (Wildman–Crippen LogP) is 2.09. The van der Waals surface area contributed by atoms with Crippen molar-refractivity contribution in [1.29, 1.82) is 0 Å². The van der Waals surface area contributed by atoms with E-state index in [0.717, 1.165) is 43.3 Å². The number of hydrogen-bond donors (Lipinski definition) is 1. The molecule has 1 saturated carbocycles. The first-order valence-electron chi connectivity index (χ1n) is 7.07. The van der Waals surface area contributed by atoms with Gasteiger partial charge in [-0.15, -0.1) is 0 Å². The van der Waals surface area contributed by atoms with Crippen LogP contribution in [0.1, 0.15) is 37.8 Å². The molecule has 0 bridgehead atoms. The molecule has 2 aromatic heterocycles. The van der Waals surface area contributed by atoms with Crippen LogP contribution in [0.2, 0.25) is 0 Å². The lowest BCUT2D eigenvalue weighted by Crippen LogP contribution is -2.35. The van der Waals surface area contributed by atoms with Crippen LogP contribution in [-0.4, -0.2) is 23.3 Å². The molecule has 0 saturated heterocycles. The number of hydrogen-bond acceptors (Lipinski definition) is 3. The molecule has 0 unspecified atom stereocenters. The Labute approximate surface area is 119 Å². The molecular weight excluding hydrogens is 274 g/mol. The van der Waals surface area contributed by atoms with Crippen molar-refractivity contribution in [2.75, 3.05) is 0 Å². The van der Waals surface area contributed by atoms with Crippen LogP contribution in [-0.2, 0) is 16.6 Å². The van der Waals surface area contributed by atoms with Crippen molar-refractivity contribution in [3.8, 4) is 0 Å². The van der Waals surface area contributed by atoms with Gasteiger partial charge in [-0.25, -0.2) is 17.7 Å². The van der Waals surface area contributed by atoms with Gasteiger partial charge in [0, 0.05) is 6.20 Å². The summed E-state index contributed by atoms with van der Waals surface area (Å²) in [6, 6.07) is 7.69. The van der Waals surface area contributed by atoms with Crippen molar-refractivity contribution in [2.24, 2.45) is 0 Å². The van der Waals surface area contributed by atoms with E-state index in [1.807, 2.05) is 30.5 Å². The molecule has 6 heteroatoms. The molecule has 1 aliphatic rings. The highest BCUT2D eigenvalue weighted by molar-refractivity contribution is 7.90. The maximum absolute atomic E-state index is 12.2. The van der Waals surface area contributed by atoms with Gasteiger partial charge in [-0.2, -0.15) is 5.10 Å². The number of aromatic nitrogens is 2. The van der Waals surface area contributed by atoms with Crippen molar-refractivity contribution >= 4 is 15.5 Å².